The van der Waals surface area contributed by atoms with Crippen molar-refractivity contribution < 1.29 is 19.0 Å². The molecule has 1 aromatic carbocycles. The minimum atomic E-state index is -0.129. The summed E-state index contributed by atoms with van der Waals surface area (Å²) in [7, 11) is 3.11. The first kappa shape index (κ1) is 15.9. The highest BCUT2D eigenvalue weighted by Gasteiger charge is 2.31. The van der Waals surface area contributed by atoms with E-state index in [-0.39, 0.29) is 18.1 Å². The van der Waals surface area contributed by atoms with Crippen molar-refractivity contribution in [2.75, 3.05) is 33.3 Å². The predicted octanol–water partition coefficient (Wildman–Crippen LogP) is 2.17. The van der Waals surface area contributed by atoms with Crippen molar-refractivity contribution in [2.24, 2.45) is 0 Å². The molecule has 21 heavy (non-hydrogen) atoms. The first-order chi connectivity index (χ1) is 10.1. The number of ether oxygens (including phenoxy) is 3. The number of carbonyl (C=O) groups excluding carboxylic acids is 1. The number of rotatable bonds is 4. The number of hydrogen-bond donors (Lipinski definition) is 0. The number of carbonyl (C=O) groups is 1. The average molecular weight is 314 g/mol. The van der Waals surface area contributed by atoms with Crippen LogP contribution in [0.15, 0.2) is 18.2 Å². The minimum absolute atomic E-state index is 0.00349. The van der Waals surface area contributed by atoms with Gasteiger partial charge in [-0.25, -0.2) is 0 Å². The Bertz CT molecular complexity index is 508. The van der Waals surface area contributed by atoms with Crippen LogP contribution in [0.4, 0.5) is 0 Å². The molecule has 1 fully saturated rings. The van der Waals surface area contributed by atoms with E-state index in [1.54, 1.807) is 30.2 Å². The number of amides is 1. The summed E-state index contributed by atoms with van der Waals surface area (Å²) in [6.45, 7) is 2.93. The first-order valence-corrected chi connectivity index (χ1v) is 7.34. The molecule has 0 aliphatic carbocycles. The third-order valence-electron chi connectivity index (χ3n) is 3.58. The van der Waals surface area contributed by atoms with E-state index in [0.29, 0.717) is 36.1 Å². The molecule has 2 atom stereocenters. The SMILES string of the molecule is COc1ccc(C(=O)N2CC(CCl)OCC2C)c(OC)c1. The number of halogens is 1. The minimum Gasteiger partial charge on any atom is -0.497 e. The Morgan fingerprint density at radius 1 is 1.43 bits per heavy atom. The highest BCUT2D eigenvalue weighted by molar-refractivity contribution is 6.18. The van der Waals surface area contributed by atoms with Gasteiger partial charge in [0.05, 0.1) is 44.4 Å². The van der Waals surface area contributed by atoms with Gasteiger partial charge in [-0.05, 0) is 19.1 Å². The summed E-state index contributed by atoms with van der Waals surface area (Å²) in [5, 5.41) is 0. The summed E-state index contributed by atoms with van der Waals surface area (Å²) in [5.74, 6) is 1.44. The molecule has 5 nitrogen and oxygen atoms in total. The second-order valence-electron chi connectivity index (χ2n) is 4.98. The van der Waals surface area contributed by atoms with Crippen LogP contribution >= 0.6 is 11.6 Å². The average Bonchev–Trinajstić information content (AvgIpc) is 2.54. The molecule has 6 heteroatoms. The summed E-state index contributed by atoms with van der Waals surface area (Å²) < 4.78 is 16.0. The molecule has 1 aliphatic heterocycles. The highest BCUT2D eigenvalue weighted by Crippen LogP contribution is 2.27. The summed E-state index contributed by atoms with van der Waals surface area (Å²) in [4.78, 5) is 14.5. The van der Waals surface area contributed by atoms with Gasteiger partial charge in [0.25, 0.3) is 5.91 Å². The molecule has 1 aliphatic rings. The van der Waals surface area contributed by atoms with Crippen LogP contribution in [-0.4, -0.2) is 56.2 Å². The van der Waals surface area contributed by atoms with E-state index in [2.05, 4.69) is 0 Å². The number of benzene rings is 1. The molecule has 116 valence electrons. The van der Waals surface area contributed by atoms with E-state index in [9.17, 15) is 4.79 Å². The van der Waals surface area contributed by atoms with Gasteiger partial charge in [0.1, 0.15) is 11.5 Å². The normalized spacial score (nSPS) is 22.0. The molecule has 1 heterocycles. The van der Waals surface area contributed by atoms with Crippen LogP contribution < -0.4 is 9.47 Å². The Morgan fingerprint density at radius 3 is 2.81 bits per heavy atom. The molecule has 0 saturated carbocycles. The fourth-order valence-electron chi connectivity index (χ4n) is 2.32. The lowest BCUT2D eigenvalue weighted by Crippen LogP contribution is -2.51. The second-order valence-corrected chi connectivity index (χ2v) is 5.29. The molecule has 2 unspecified atom stereocenters. The van der Waals surface area contributed by atoms with E-state index >= 15 is 0 Å². The Labute approximate surface area is 129 Å². The molecule has 1 aromatic rings. The molecule has 0 N–H and O–H groups in total. The number of alkyl halides is 1. The largest absolute Gasteiger partial charge is 0.497 e. The lowest BCUT2D eigenvalue weighted by Gasteiger charge is -2.37. The van der Waals surface area contributed by atoms with E-state index < -0.39 is 0 Å². The van der Waals surface area contributed by atoms with Crippen molar-refractivity contribution in [3.63, 3.8) is 0 Å². The molecule has 0 spiro atoms. The van der Waals surface area contributed by atoms with Crippen molar-refractivity contribution >= 4 is 17.5 Å². The highest BCUT2D eigenvalue weighted by atomic mass is 35.5. The van der Waals surface area contributed by atoms with Gasteiger partial charge in [-0.1, -0.05) is 0 Å². The van der Waals surface area contributed by atoms with Crippen LogP contribution in [0, 0.1) is 0 Å². The maximum atomic E-state index is 12.8. The van der Waals surface area contributed by atoms with Gasteiger partial charge >= 0.3 is 0 Å². The van der Waals surface area contributed by atoms with Gasteiger partial charge in [0, 0.05) is 12.6 Å². The standard InChI is InChI=1S/C15H20ClNO4/c1-10-9-21-12(7-16)8-17(10)15(18)13-5-4-11(19-2)6-14(13)20-3/h4-6,10,12H,7-9H2,1-3H3. The molecular weight excluding hydrogens is 294 g/mol. The lowest BCUT2D eigenvalue weighted by molar-refractivity contribution is -0.0372. The van der Waals surface area contributed by atoms with E-state index in [0.717, 1.165) is 0 Å². The van der Waals surface area contributed by atoms with Crippen LogP contribution in [0.3, 0.4) is 0 Å². The van der Waals surface area contributed by atoms with Crippen molar-refractivity contribution in [1.82, 2.24) is 4.90 Å². The second kappa shape index (κ2) is 7.00. The molecule has 2 rings (SSSR count). The third-order valence-corrected chi connectivity index (χ3v) is 3.92. The molecule has 1 saturated heterocycles. The monoisotopic (exact) mass is 313 g/mol. The zero-order valence-electron chi connectivity index (χ0n) is 12.5. The van der Waals surface area contributed by atoms with Gasteiger partial charge < -0.3 is 19.1 Å². The van der Waals surface area contributed by atoms with Crippen LogP contribution in [-0.2, 0) is 4.74 Å². The van der Waals surface area contributed by atoms with Crippen LogP contribution in [0.25, 0.3) is 0 Å². The Kier molecular flexibility index (Phi) is 5.31. The quantitative estimate of drug-likeness (QED) is 0.799. The Morgan fingerprint density at radius 2 is 2.19 bits per heavy atom. The van der Waals surface area contributed by atoms with Gasteiger partial charge in [-0.2, -0.15) is 0 Å². The summed E-state index contributed by atoms with van der Waals surface area (Å²) in [6, 6.07) is 5.18. The summed E-state index contributed by atoms with van der Waals surface area (Å²) in [6.07, 6.45) is -0.129. The third kappa shape index (κ3) is 3.41. The van der Waals surface area contributed by atoms with Crippen LogP contribution in [0.5, 0.6) is 11.5 Å². The van der Waals surface area contributed by atoms with Gasteiger partial charge in [0.15, 0.2) is 0 Å². The number of hydrogen-bond acceptors (Lipinski definition) is 4. The molecule has 0 bridgehead atoms. The van der Waals surface area contributed by atoms with Crippen LogP contribution in [0.2, 0.25) is 0 Å². The fraction of sp³-hybridized carbons (Fsp3) is 0.533. The van der Waals surface area contributed by atoms with Gasteiger partial charge in [-0.3, -0.25) is 4.79 Å². The molecule has 0 aromatic heterocycles. The Hall–Kier alpha value is -1.46. The van der Waals surface area contributed by atoms with E-state index in [1.807, 2.05) is 6.92 Å². The zero-order chi connectivity index (χ0) is 15.4. The number of methoxy groups -OCH3 is 2. The fourth-order valence-corrected chi connectivity index (χ4v) is 2.51. The van der Waals surface area contributed by atoms with Crippen molar-refractivity contribution in [2.45, 2.75) is 19.1 Å². The number of morpholine rings is 1. The molecule has 0 radical (unpaired) electrons. The van der Waals surface area contributed by atoms with E-state index in [4.69, 9.17) is 25.8 Å². The number of nitrogens with zero attached hydrogens (tertiary/aromatic N) is 1. The van der Waals surface area contributed by atoms with Crippen molar-refractivity contribution in [3.8, 4) is 11.5 Å². The smallest absolute Gasteiger partial charge is 0.258 e. The first-order valence-electron chi connectivity index (χ1n) is 6.81. The topological polar surface area (TPSA) is 48.0 Å². The van der Waals surface area contributed by atoms with Crippen LogP contribution in [0.1, 0.15) is 17.3 Å². The molecular formula is C15H20ClNO4. The van der Waals surface area contributed by atoms with Gasteiger partial charge in [-0.15, -0.1) is 11.6 Å². The van der Waals surface area contributed by atoms with Gasteiger partial charge in [0.2, 0.25) is 0 Å². The Balaban J connectivity index is 2.26. The lowest BCUT2D eigenvalue weighted by atomic mass is 10.1. The maximum absolute atomic E-state index is 12.8. The van der Waals surface area contributed by atoms with Crippen molar-refractivity contribution in [3.05, 3.63) is 23.8 Å². The molecule has 1 amide bonds. The predicted molar refractivity (Wildman–Crippen MR) is 80.5 cm³/mol. The summed E-state index contributed by atoms with van der Waals surface area (Å²) in [5.41, 5.74) is 0.514. The zero-order valence-corrected chi connectivity index (χ0v) is 13.2. The summed E-state index contributed by atoms with van der Waals surface area (Å²) >= 11 is 5.84. The maximum Gasteiger partial charge on any atom is 0.258 e. The van der Waals surface area contributed by atoms with E-state index in [1.165, 1.54) is 7.11 Å². The van der Waals surface area contributed by atoms with Crippen molar-refractivity contribution in [1.29, 1.82) is 0 Å².